The van der Waals surface area contributed by atoms with E-state index in [1.165, 1.54) is 11.3 Å². The summed E-state index contributed by atoms with van der Waals surface area (Å²) < 4.78 is 10.6. The third-order valence-electron chi connectivity index (χ3n) is 5.60. The molecule has 8 nitrogen and oxygen atoms in total. The Morgan fingerprint density at radius 3 is 2.64 bits per heavy atom. The molecular formula is C24H26N4O4S. The smallest absolute Gasteiger partial charge is 0.231 e. The summed E-state index contributed by atoms with van der Waals surface area (Å²) in [6.45, 7) is 0.936. The summed E-state index contributed by atoms with van der Waals surface area (Å²) in [6.07, 6.45) is 1.54. The second-order valence-electron chi connectivity index (χ2n) is 7.83. The van der Waals surface area contributed by atoms with Crippen molar-refractivity contribution >= 4 is 28.3 Å². The molecule has 33 heavy (non-hydrogen) atoms. The number of likely N-dealkylation sites (tertiary alicyclic amines) is 1. The van der Waals surface area contributed by atoms with Crippen LogP contribution in [0, 0.1) is 5.92 Å². The minimum atomic E-state index is -0.399. The van der Waals surface area contributed by atoms with E-state index < -0.39 is 5.92 Å². The van der Waals surface area contributed by atoms with Gasteiger partial charge in [0.1, 0.15) is 5.01 Å². The number of hydrogen-bond donors (Lipinski definition) is 1. The lowest BCUT2D eigenvalue weighted by Crippen LogP contribution is -2.30. The second kappa shape index (κ2) is 10.4. The maximum atomic E-state index is 12.7. The molecule has 2 aromatic carbocycles. The van der Waals surface area contributed by atoms with E-state index in [0.717, 1.165) is 16.1 Å². The molecule has 9 heteroatoms. The second-order valence-corrected chi connectivity index (χ2v) is 8.89. The maximum Gasteiger partial charge on any atom is 0.231 e. The number of nitrogens with zero attached hydrogens (tertiary/aromatic N) is 3. The van der Waals surface area contributed by atoms with Crippen molar-refractivity contribution in [1.29, 1.82) is 0 Å². The van der Waals surface area contributed by atoms with E-state index >= 15 is 0 Å². The molecular weight excluding hydrogens is 440 g/mol. The Morgan fingerprint density at radius 1 is 1.09 bits per heavy atom. The maximum absolute atomic E-state index is 12.7. The van der Waals surface area contributed by atoms with Crippen molar-refractivity contribution in [1.82, 2.24) is 15.1 Å². The molecule has 0 unspecified atom stereocenters. The predicted molar refractivity (Wildman–Crippen MR) is 126 cm³/mol. The van der Waals surface area contributed by atoms with Gasteiger partial charge in [0.05, 0.1) is 20.1 Å². The first-order chi connectivity index (χ1) is 16.1. The molecule has 4 rings (SSSR count). The Hall–Kier alpha value is -3.46. The lowest BCUT2D eigenvalue weighted by molar-refractivity contribution is -0.128. The fraction of sp³-hybridized carbons (Fsp3) is 0.333. The van der Waals surface area contributed by atoms with Crippen LogP contribution >= 0.6 is 11.3 Å². The summed E-state index contributed by atoms with van der Waals surface area (Å²) in [7, 11) is 3.19. The van der Waals surface area contributed by atoms with E-state index in [-0.39, 0.29) is 18.2 Å². The van der Waals surface area contributed by atoms with E-state index in [1.54, 1.807) is 19.1 Å². The Labute approximate surface area is 196 Å². The van der Waals surface area contributed by atoms with Crippen LogP contribution in [0.3, 0.4) is 0 Å². The van der Waals surface area contributed by atoms with Crippen molar-refractivity contribution in [2.24, 2.45) is 5.92 Å². The zero-order chi connectivity index (χ0) is 23.2. The topological polar surface area (TPSA) is 93.6 Å². The first-order valence-electron chi connectivity index (χ1n) is 10.7. The molecule has 2 heterocycles. The highest BCUT2D eigenvalue weighted by Gasteiger charge is 2.34. The summed E-state index contributed by atoms with van der Waals surface area (Å²) in [6, 6.07) is 15.7. The molecule has 3 aromatic rings. The highest BCUT2D eigenvalue weighted by Crippen LogP contribution is 2.28. The molecule has 1 saturated heterocycles. The molecule has 0 bridgehead atoms. The van der Waals surface area contributed by atoms with Gasteiger partial charge in [-0.1, -0.05) is 47.7 Å². The fourth-order valence-corrected chi connectivity index (χ4v) is 4.59. The van der Waals surface area contributed by atoms with Gasteiger partial charge in [0.25, 0.3) is 0 Å². The summed E-state index contributed by atoms with van der Waals surface area (Å²) in [5, 5.41) is 12.4. The number of carbonyl (C=O) groups excluding carboxylic acids is 2. The number of hydrogen-bond acceptors (Lipinski definition) is 7. The molecule has 1 atom stereocenters. The largest absolute Gasteiger partial charge is 0.493 e. The predicted octanol–water partition coefficient (Wildman–Crippen LogP) is 3.18. The van der Waals surface area contributed by atoms with Crippen molar-refractivity contribution < 1.29 is 19.1 Å². The van der Waals surface area contributed by atoms with Crippen molar-refractivity contribution in [2.45, 2.75) is 19.3 Å². The third kappa shape index (κ3) is 5.67. The SMILES string of the molecule is COc1ccc(CCN2C[C@H](C(=O)Nc3nnc(Cc4ccccc4)s3)CC2=O)cc1OC. The van der Waals surface area contributed by atoms with Crippen molar-refractivity contribution in [3.63, 3.8) is 0 Å². The lowest BCUT2D eigenvalue weighted by Gasteiger charge is -2.17. The van der Waals surface area contributed by atoms with Crippen LogP contribution in [0.2, 0.25) is 0 Å². The molecule has 1 aliphatic heterocycles. The van der Waals surface area contributed by atoms with Gasteiger partial charge in [0.15, 0.2) is 11.5 Å². The Kier molecular flexibility index (Phi) is 7.19. The molecule has 1 fully saturated rings. The number of ether oxygens (including phenoxy) is 2. The quantitative estimate of drug-likeness (QED) is 0.521. The van der Waals surface area contributed by atoms with E-state index in [2.05, 4.69) is 15.5 Å². The molecule has 0 aliphatic carbocycles. The number of carbonyl (C=O) groups is 2. The minimum Gasteiger partial charge on any atom is -0.493 e. The van der Waals surface area contributed by atoms with Crippen LogP contribution in [0.4, 0.5) is 5.13 Å². The normalized spacial score (nSPS) is 15.5. The van der Waals surface area contributed by atoms with Gasteiger partial charge in [-0.15, -0.1) is 10.2 Å². The van der Waals surface area contributed by atoms with Crippen LogP contribution in [-0.4, -0.2) is 54.2 Å². The van der Waals surface area contributed by atoms with Crippen LogP contribution < -0.4 is 14.8 Å². The molecule has 1 N–H and O–H groups in total. The summed E-state index contributed by atoms with van der Waals surface area (Å²) in [4.78, 5) is 26.9. The Balaban J connectivity index is 1.29. The third-order valence-corrected chi connectivity index (χ3v) is 6.44. The molecule has 0 radical (unpaired) electrons. The van der Waals surface area contributed by atoms with Crippen LogP contribution in [-0.2, 0) is 22.4 Å². The number of methoxy groups -OCH3 is 2. The highest BCUT2D eigenvalue weighted by atomic mass is 32.1. The number of amides is 2. The molecule has 1 aromatic heterocycles. The van der Waals surface area contributed by atoms with Gasteiger partial charge in [-0.2, -0.15) is 0 Å². The van der Waals surface area contributed by atoms with E-state index in [4.69, 9.17) is 9.47 Å². The lowest BCUT2D eigenvalue weighted by atomic mass is 10.1. The Morgan fingerprint density at radius 2 is 1.88 bits per heavy atom. The van der Waals surface area contributed by atoms with Gasteiger partial charge in [0.2, 0.25) is 16.9 Å². The number of benzene rings is 2. The highest BCUT2D eigenvalue weighted by molar-refractivity contribution is 7.15. The van der Waals surface area contributed by atoms with E-state index in [9.17, 15) is 9.59 Å². The van der Waals surface area contributed by atoms with Gasteiger partial charge in [-0.05, 0) is 29.7 Å². The first kappa shape index (κ1) is 22.7. The average molecular weight is 467 g/mol. The Bertz CT molecular complexity index is 1120. The summed E-state index contributed by atoms with van der Waals surface area (Å²) in [5.41, 5.74) is 2.17. The fourth-order valence-electron chi connectivity index (χ4n) is 3.82. The van der Waals surface area contributed by atoms with Gasteiger partial charge >= 0.3 is 0 Å². The first-order valence-corrected chi connectivity index (χ1v) is 11.5. The molecule has 2 amide bonds. The average Bonchev–Trinajstić information content (AvgIpc) is 3.43. The van der Waals surface area contributed by atoms with Gasteiger partial charge in [-0.25, -0.2) is 0 Å². The van der Waals surface area contributed by atoms with E-state index in [0.29, 0.717) is 42.6 Å². The summed E-state index contributed by atoms with van der Waals surface area (Å²) in [5.74, 6) is 0.712. The number of anilines is 1. The van der Waals surface area contributed by atoms with Crippen LogP contribution in [0.1, 0.15) is 22.6 Å². The van der Waals surface area contributed by atoms with Crippen LogP contribution in [0.15, 0.2) is 48.5 Å². The summed E-state index contributed by atoms with van der Waals surface area (Å²) >= 11 is 1.36. The minimum absolute atomic E-state index is 0.0161. The van der Waals surface area contributed by atoms with Crippen molar-refractivity contribution in [3.8, 4) is 11.5 Å². The van der Waals surface area contributed by atoms with Gasteiger partial charge in [0, 0.05) is 25.9 Å². The number of aromatic nitrogens is 2. The van der Waals surface area contributed by atoms with Gasteiger partial charge < -0.3 is 19.7 Å². The molecule has 0 spiro atoms. The zero-order valence-electron chi connectivity index (χ0n) is 18.6. The number of rotatable bonds is 9. The molecule has 1 aliphatic rings. The van der Waals surface area contributed by atoms with E-state index in [1.807, 2.05) is 48.5 Å². The van der Waals surface area contributed by atoms with Crippen molar-refractivity contribution in [2.75, 3.05) is 32.6 Å². The number of nitrogens with one attached hydrogen (secondary N) is 1. The van der Waals surface area contributed by atoms with Crippen LogP contribution in [0.25, 0.3) is 0 Å². The zero-order valence-corrected chi connectivity index (χ0v) is 19.4. The van der Waals surface area contributed by atoms with Crippen LogP contribution in [0.5, 0.6) is 11.5 Å². The van der Waals surface area contributed by atoms with Gasteiger partial charge in [-0.3, -0.25) is 9.59 Å². The molecule has 0 saturated carbocycles. The standard InChI is InChI=1S/C24H26N4O4S/c1-31-19-9-8-17(12-20(19)32-2)10-11-28-15-18(14-22(28)29)23(30)25-24-27-26-21(33-24)13-16-6-4-3-5-7-16/h3-9,12,18H,10-11,13-15H2,1-2H3,(H,25,27,30)/t18-/m1/s1. The molecule has 172 valence electrons. The van der Waals surface area contributed by atoms with Crippen molar-refractivity contribution in [3.05, 3.63) is 64.7 Å². The monoisotopic (exact) mass is 466 g/mol.